The molecule has 0 bridgehead atoms. The molecule has 0 spiro atoms. The van der Waals surface area contributed by atoms with Crippen molar-refractivity contribution in [3.8, 4) is 0 Å². The van der Waals surface area contributed by atoms with Crippen molar-refractivity contribution in [2.24, 2.45) is 5.92 Å². The molecule has 0 aliphatic carbocycles. The van der Waals surface area contributed by atoms with E-state index >= 15 is 0 Å². The fourth-order valence-corrected chi connectivity index (χ4v) is 2.09. The van der Waals surface area contributed by atoms with E-state index in [2.05, 4.69) is 42.0 Å². The fraction of sp³-hybridized carbons (Fsp3) is 0.667. The van der Waals surface area contributed by atoms with Gasteiger partial charge >= 0.3 is 0 Å². The van der Waals surface area contributed by atoms with Crippen LogP contribution in [0.3, 0.4) is 0 Å². The van der Waals surface area contributed by atoms with Gasteiger partial charge in [0.2, 0.25) is 0 Å². The summed E-state index contributed by atoms with van der Waals surface area (Å²) in [6.07, 6.45) is 1.86. The zero-order chi connectivity index (χ0) is 14.3. The summed E-state index contributed by atoms with van der Waals surface area (Å²) in [4.78, 5) is 6.90. The van der Waals surface area contributed by atoms with E-state index in [0.717, 1.165) is 25.5 Å². The van der Waals surface area contributed by atoms with Crippen LogP contribution < -0.4 is 10.2 Å². The fourth-order valence-electron chi connectivity index (χ4n) is 2.09. The molecule has 1 aromatic heterocycles. The highest BCUT2D eigenvalue weighted by Crippen LogP contribution is 2.24. The number of aromatic nitrogens is 1. The van der Waals surface area contributed by atoms with Gasteiger partial charge in [0.1, 0.15) is 5.82 Å². The van der Waals surface area contributed by atoms with Crippen LogP contribution in [0.25, 0.3) is 0 Å². The Hall–Kier alpha value is -1.13. The zero-order valence-electron chi connectivity index (χ0n) is 12.8. The van der Waals surface area contributed by atoms with Gasteiger partial charge in [-0.15, -0.1) is 0 Å². The number of nitrogens with one attached hydrogen (secondary N) is 1. The highest BCUT2D eigenvalue weighted by Gasteiger charge is 2.16. The van der Waals surface area contributed by atoms with Crippen LogP contribution in [0.1, 0.15) is 32.4 Å². The van der Waals surface area contributed by atoms with Gasteiger partial charge in [-0.2, -0.15) is 0 Å². The molecule has 0 aliphatic heterocycles. The number of rotatable bonds is 8. The second kappa shape index (κ2) is 8.12. The second-order valence-corrected chi connectivity index (χ2v) is 5.26. The normalized spacial score (nSPS) is 12.7. The lowest BCUT2D eigenvalue weighted by Crippen LogP contribution is -2.33. The number of methoxy groups -OCH3 is 1. The Morgan fingerprint density at radius 3 is 2.68 bits per heavy atom. The number of hydrogen-bond acceptors (Lipinski definition) is 4. The van der Waals surface area contributed by atoms with E-state index in [4.69, 9.17) is 4.74 Å². The SMILES string of the molecule is CNC(C)c1cccnc1N(CCOC)CC(C)C. The van der Waals surface area contributed by atoms with Gasteiger partial charge in [-0.05, 0) is 26.0 Å². The van der Waals surface area contributed by atoms with Crippen molar-refractivity contribution in [2.45, 2.75) is 26.8 Å². The maximum absolute atomic E-state index is 5.22. The van der Waals surface area contributed by atoms with Crippen molar-refractivity contribution in [2.75, 3.05) is 38.8 Å². The minimum absolute atomic E-state index is 0.293. The lowest BCUT2D eigenvalue weighted by atomic mass is 10.1. The van der Waals surface area contributed by atoms with E-state index in [1.165, 1.54) is 5.56 Å². The number of ether oxygens (including phenoxy) is 1. The first kappa shape index (κ1) is 15.9. The summed E-state index contributed by atoms with van der Waals surface area (Å²) in [6.45, 7) is 9.19. The largest absolute Gasteiger partial charge is 0.383 e. The van der Waals surface area contributed by atoms with Crippen molar-refractivity contribution >= 4 is 5.82 Å². The minimum atomic E-state index is 0.293. The monoisotopic (exact) mass is 265 g/mol. The minimum Gasteiger partial charge on any atom is -0.383 e. The van der Waals surface area contributed by atoms with E-state index in [1.54, 1.807) is 7.11 Å². The molecule has 1 heterocycles. The first-order valence-corrected chi connectivity index (χ1v) is 6.96. The summed E-state index contributed by atoms with van der Waals surface area (Å²) in [6, 6.07) is 4.43. The Kier molecular flexibility index (Phi) is 6.81. The summed E-state index contributed by atoms with van der Waals surface area (Å²) >= 11 is 0. The van der Waals surface area contributed by atoms with E-state index in [1.807, 2.05) is 19.3 Å². The van der Waals surface area contributed by atoms with Crippen molar-refractivity contribution in [1.82, 2.24) is 10.3 Å². The molecule has 1 rings (SSSR count). The molecule has 0 saturated heterocycles. The van der Waals surface area contributed by atoms with Crippen molar-refractivity contribution in [3.63, 3.8) is 0 Å². The Morgan fingerprint density at radius 1 is 1.37 bits per heavy atom. The molecule has 19 heavy (non-hydrogen) atoms. The van der Waals surface area contributed by atoms with Crippen LogP contribution >= 0.6 is 0 Å². The second-order valence-electron chi connectivity index (χ2n) is 5.26. The van der Waals surface area contributed by atoms with Gasteiger partial charge in [0.05, 0.1) is 6.61 Å². The standard InChI is InChI=1S/C15H27N3O/c1-12(2)11-18(9-10-19-5)15-14(13(3)16-4)7-6-8-17-15/h6-8,12-13,16H,9-11H2,1-5H3. The summed E-state index contributed by atoms with van der Waals surface area (Å²) in [7, 11) is 3.71. The molecule has 4 heteroatoms. The molecular weight excluding hydrogens is 238 g/mol. The van der Waals surface area contributed by atoms with Crippen LogP contribution in [0, 0.1) is 5.92 Å². The first-order chi connectivity index (χ1) is 9.10. The smallest absolute Gasteiger partial charge is 0.133 e. The van der Waals surface area contributed by atoms with E-state index in [-0.39, 0.29) is 0 Å². The summed E-state index contributed by atoms with van der Waals surface area (Å²) in [5.41, 5.74) is 1.24. The Labute approximate surface area is 117 Å². The lowest BCUT2D eigenvalue weighted by Gasteiger charge is -2.28. The van der Waals surface area contributed by atoms with Gasteiger partial charge in [-0.25, -0.2) is 4.98 Å². The first-order valence-electron chi connectivity index (χ1n) is 6.96. The van der Waals surface area contributed by atoms with Gasteiger partial charge in [-0.3, -0.25) is 0 Å². The molecule has 0 aliphatic rings. The van der Waals surface area contributed by atoms with Crippen LogP contribution in [-0.4, -0.2) is 38.8 Å². The predicted octanol–water partition coefficient (Wildman–Crippen LogP) is 2.47. The molecule has 1 aromatic rings. The molecule has 4 nitrogen and oxygen atoms in total. The number of pyridine rings is 1. The molecule has 108 valence electrons. The molecular formula is C15H27N3O. The third-order valence-electron chi connectivity index (χ3n) is 3.17. The molecule has 0 saturated carbocycles. The Balaban J connectivity index is 2.99. The van der Waals surface area contributed by atoms with E-state index in [0.29, 0.717) is 12.0 Å². The van der Waals surface area contributed by atoms with Crippen LogP contribution in [0.15, 0.2) is 18.3 Å². The third-order valence-corrected chi connectivity index (χ3v) is 3.17. The van der Waals surface area contributed by atoms with E-state index in [9.17, 15) is 0 Å². The predicted molar refractivity (Wildman–Crippen MR) is 80.6 cm³/mol. The quantitative estimate of drug-likeness (QED) is 0.783. The summed E-state index contributed by atoms with van der Waals surface area (Å²) < 4.78 is 5.22. The highest BCUT2D eigenvalue weighted by atomic mass is 16.5. The topological polar surface area (TPSA) is 37.4 Å². The Bertz CT molecular complexity index is 368. The number of hydrogen-bond donors (Lipinski definition) is 1. The summed E-state index contributed by atoms with van der Waals surface area (Å²) in [5.74, 6) is 1.66. The number of anilines is 1. The molecule has 0 aromatic carbocycles. The Morgan fingerprint density at radius 2 is 2.11 bits per heavy atom. The zero-order valence-corrected chi connectivity index (χ0v) is 12.8. The van der Waals surface area contributed by atoms with Crippen molar-refractivity contribution < 1.29 is 4.74 Å². The molecule has 0 radical (unpaired) electrons. The van der Waals surface area contributed by atoms with Crippen LogP contribution in [-0.2, 0) is 4.74 Å². The average molecular weight is 265 g/mol. The number of nitrogens with zero attached hydrogens (tertiary/aromatic N) is 2. The molecule has 1 atom stereocenters. The molecule has 0 amide bonds. The lowest BCUT2D eigenvalue weighted by molar-refractivity contribution is 0.204. The van der Waals surface area contributed by atoms with Gasteiger partial charge < -0.3 is 15.0 Å². The van der Waals surface area contributed by atoms with Gasteiger partial charge in [0.25, 0.3) is 0 Å². The van der Waals surface area contributed by atoms with Gasteiger partial charge in [0.15, 0.2) is 0 Å². The molecule has 1 N–H and O–H groups in total. The van der Waals surface area contributed by atoms with Gasteiger partial charge in [0, 0.05) is 38.0 Å². The van der Waals surface area contributed by atoms with Crippen LogP contribution in [0.4, 0.5) is 5.82 Å². The molecule has 1 unspecified atom stereocenters. The van der Waals surface area contributed by atoms with Crippen molar-refractivity contribution in [3.05, 3.63) is 23.9 Å². The van der Waals surface area contributed by atoms with Crippen molar-refractivity contribution in [1.29, 1.82) is 0 Å². The maximum atomic E-state index is 5.22. The van der Waals surface area contributed by atoms with E-state index < -0.39 is 0 Å². The maximum Gasteiger partial charge on any atom is 0.133 e. The average Bonchev–Trinajstić information content (AvgIpc) is 2.42. The summed E-state index contributed by atoms with van der Waals surface area (Å²) in [5, 5.41) is 3.29. The third kappa shape index (κ3) is 4.80. The highest BCUT2D eigenvalue weighted by molar-refractivity contribution is 5.48. The molecule has 0 fully saturated rings. The van der Waals surface area contributed by atoms with Crippen LogP contribution in [0.5, 0.6) is 0 Å². The van der Waals surface area contributed by atoms with Gasteiger partial charge in [-0.1, -0.05) is 19.9 Å². The van der Waals surface area contributed by atoms with Crippen LogP contribution in [0.2, 0.25) is 0 Å².